The van der Waals surface area contributed by atoms with E-state index in [2.05, 4.69) is 74.1 Å². The van der Waals surface area contributed by atoms with E-state index in [1.807, 2.05) is 0 Å². The minimum absolute atomic E-state index is 0.0475. The number of aliphatic hydroxyl groups excluding tert-OH is 1. The smallest absolute Gasteiger partial charge is 0.302 e. The zero-order valence-corrected chi connectivity index (χ0v) is 23.6. The average Bonchev–Trinajstić information content (AvgIpc) is 3.12. The Morgan fingerprint density at radius 3 is 2.38 bits per heavy atom. The van der Waals surface area contributed by atoms with Crippen LogP contribution in [-0.2, 0) is 16.0 Å². The fraction of sp³-hybridized carbons (Fsp3) is 0.667. The van der Waals surface area contributed by atoms with Crippen molar-refractivity contribution in [3.8, 4) is 0 Å². The van der Waals surface area contributed by atoms with Crippen molar-refractivity contribution in [2.24, 2.45) is 34.5 Å². The molecule has 0 heterocycles. The Kier molecular flexibility index (Phi) is 8.40. The van der Waals surface area contributed by atoms with Gasteiger partial charge in [0.2, 0.25) is 0 Å². The quantitative estimate of drug-likeness (QED) is 0.353. The molecule has 2 N–H and O–H groups in total. The first kappa shape index (κ1) is 28.1. The minimum Gasteiger partial charge on any atom is -0.469 e. The molecule has 0 bridgehead atoms. The van der Waals surface area contributed by atoms with Crippen LogP contribution in [0.5, 0.6) is 0 Å². The summed E-state index contributed by atoms with van der Waals surface area (Å²) in [4.78, 5) is 9.59. The van der Waals surface area contributed by atoms with E-state index in [9.17, 15) is 15.0 Å². The molecule has 0 radical (unpaired) electrons. The summed E-state index contributed by atoms with van der Waals surface area (Å²) in [5.41, 5.74) is 2.66. The number of methoxy groups -OCH3 is 1. The lowest BCUT2D eigenvalue weighted by molar-refractivity contribution is -0.137. The van der Waals surface area contributed by atoms with Crippen LogP contribution in [0.1, 0.15) is 84.6 Å². The van der Waals surface area contributed by atoms with Crippen LogP contribution in [0.2, 0.25) is 0 Å². The Morgan fingerprint density at radius 2 is 1.70 bits per heavy atom. The van der Waals surface area contributed by atoms with E-state index in [0.29, 0.717) is 23.7 Å². The number of rotatable bonds is 4. The highest BCUT2D eigenvalue weighted by Gasteiger charge is 2.63. The maximum Gasteiger partial charge on any atom is 0.302 e. The fourth-order valence-electron chi connectivity index (χ4n) is 8.44. The molecule has 3 saturated carbocycles. The van der Waals surface area contributed by atoms with Crippen molar-refractivity contribution in [1.29, 1.82) is 0 Å². The second-order valence-corrected chi connectivity index (χ2v) is 12.8. The molecule has 4 nitrogen and oxygen atoms in total. The molecule has 4 aliphatic rings. The number of aliphatic hydroxyl groups is 2. The highest BCUT2D eigenvalue weighted by molar-refractivity contribution is 5.65. The van der Waals surface area contributed by atoms with E-state index in [4.69, 9.17) is 0 Å². The molecule has 37 heavy (non-hydrogen) atoms. The number of carbonyl (C=O) groups excluding carboxylic acids is 1. The first-order valence-electron chi connectivity index (χ1n) is 14.4. The molecule has 4 heteroatoms. The molecule has 0 amide bonds. The third-order valence-corrected chi connectivity index (χ3v) is 10.9. The standard InChI is InChI=1S/C30H42O2.C3H6O2/c1-28-16-13-24(31)20-23(28)19-22(12-8-7-11-21-9-5-4-6-10-21)27-25(28)14-17-29(2)26(27)15-18-30(29,3)32;1-3(4)5-2/h4-10,20,22,24-27,31-32H,11-19H2,1-3H3;1-2H3/b8-7+;/t22-,24+,25?,26?,27?,28+,29+,30+;/m1./s1. The molecule has 0 aliphatic heterocycles. The molecule has 204 valence electrons. The lowest BCUT2D eigenvalue weighted by atomic mass is 9.44. The minimum atomic E-state index is -0.532. The van der Waals surface area contributed by atoms with Crippen LogP contribution in [0.4, 0.5) is 0 Å². The highest BCUT2D eigenvalue weighted by Crippen LogP contribution is 2.69. The maximum atomic E-state index is 11.3. The van der Waals surface area contributed by atoms with Crippen molar-refractivity contribution in [3.05, 3.63) is 59.7 Å². The van der Waals surface area contributed by atoms with Gasteiger partial charge in [-0.2, -0.15) is 0 Å². The third kappa shape index (κ3) is 5.47. The van der Waals surface area contributed by atoms with Crippen molar-refractivity contribution in [1.82, 2.24) is 0 Å². The molecule has 0 aromatic heterocycles. The number of hydrogen-bond acceptors (Lipinski definition) is 4. The summed E-state index contributed by atoms with van der Waals surface area (Å²) in [6.07, 6.45) is 16.5. The summed E-state index contributed by atoms with van der Waals surface area (Å²) in [7, 11) is 1.35. The maximum absolute atomic E-state index is 11.3. The van der Waals surface area contributed by atoms with E-state index < -0.39 is 5.60 Å². The van der Waals surface area contributed by atoms with Gasteiger partial charge in [0.05, 0.1) is 18.8 Å². The second-order valence-electron chi connectivity index (χ2n) is 12.8. The number of fused-ring (bicyclic) bond motifs is 5. The third-order valence-electron chi connectivity index (χ3n) is 10.9. The topological polar surface area (TPSA) is 66.8 Å². The SMILES string of the molecule is COC(C)=O.C[C@]12CC[C@H](O)C=C1C[C@@H](C/C=C/Cc1ccccc1)C1C2CC[C@@]2(C)C1CC[C@]2(C)O. The van der Waals surface area contributed by atoms with Gasteiger partial charge >= 0.3 is 5.97 Å². The lowest BCUT2D eigenvalue weighted by Crippen LogP contribution is -2.56. The van der Waals surface area contributed by atoms with Crippen LogP contribution in [0, 0.1) is 34.5 Å². The fourth-order valence-corrected chi connectivity index (χ4v) is 8.44. The monoisotopic (exact) mass is 508 g/mol. The van der Waals surface area contributed by atoms with Crippen molar-refractivity contribution in [2.45, 2.75) is 97.2 Å². The zero-order valence-electron chi connectivity index (χ0n) is 23.6. The van der Waals surface area contributed by atoms with Crippen molar-refractivity contribution in [3.63, 3.8) is 0 Å². The highest BCUT2D eigenvalue weighted by atomic mass is 16.5. The van der Waals surface area contributed by atoms with Crippen LogP contribution in [0.15, 0.2) is 54.1 Å². The Labute approximate surface area is 224 Å². The molecule has 3 unspecified atom stereocenters. The summed E-state index contributed by atoms with van der Waals surface area (Å²) in [6, 6.07) is 10.7. The van der Waals surface area contributed by atoms with E-state index in [1.165, 1.54) is 38.0 Å². The number of hydrogen-bond donors (Lipinski definition) is 2. The summed E-state index contributed by atoms with van der Waals surface area (Å²) in [6.45, 7) is 8.36. The molecular weight excluding hydrogens is 460 g/mol. The number of esters is 1. The van der Waals surface area contributed by atoms with Gasteiger partial charge in [-0.25, -0.2) is 0 Å². The Hall–Kier alpha value is -1.91. The Morgan fingerprint density at radius 1 is 1.03 bits per heavy atom. The van der Waals surface area contributed by atoms with E-state index in [-0.39, 0.29) is 22.9 Å². The van der Waals surface area contributed by atoms with Gasteiger partial charge in [-0.05, 0) is 105 Å². The van der Waals surface area contributed by atoms with Crippen LogP contribution in [-0.4, -0.2) is 35.0 Å². The first-order chi connectivity index (χ1) is 17.5. The number of benzene rings is 1. The van der Waals surface area contributed by atoms with Gasteiger partial charge in [-0.1, -0.05) is 68.0 Å². The molecule has 1 aromatic carbocycles. The molecular formula is C33H48O4. The number of ether oxygens (including phenoxy) is 1. The average molecular weight is 509 g/mol. The first-order valence-corrected chi connectivity index (χ1v) is 14.4. The number of allylic oxidation sites excluding steroid dienone is 3. The van der Waals surface area contributed by atoms with Crippen LogP contribution >= 0.6 is 0 Å². The van der Waals surface area contributed by atoms with Gasteiger partial charge in [-0.15, -0.1) is 0 Å². The Balaban J connectivity index is 0.000000586. The van der Waals surface area contributed by atoms with Gasteiger partial charge < -0.3 is 14.9 Å². The van der Waals surface area contributed by atoms with Crippen molar-refractivity contribution >= 4 is 5.97 Å². The number of carbonyl (C=O) groups is 1. The lowest BCUT2D eigenvalue weighted by Gasteiger charge is -2.61. The van der Waals surface area contributed by atoms with Gasteiger partial charge in [0, 0.05) is 6.92 Å². The van der Waals surface area contributed by atoms with Gasteiger partial charge in [-0.3, -0.25) is 4.79 Å². The summed E-state index contributed by atoms with van der Waals surface area (Å²) in [5, 5.41) is 21.8. The molecule has 1 aromatic rings. The van der Waals surface area contributed by atoms with Crippen LogP contribution in [0.25, 0.3) is 0 Å². The summed E-state index contributed by atoms with van der Waals surface area (Å²) >= 11 is 0. The molecule has 8 atom stereocenters. The molecule has 3 fully saturated rings. The van der Waals surface area contributed by atoms with E-state index in [1.54, 1.807) is 0 Å². The van der Waals surface area contributed by atoms with Crippen LogP contribution in [0.3, 0.4) is 0 Å². The largest absolute Gasteiger partial charge is 0.469 e. The molecule has 0 spiro atoms. The molecule has 4 aliphatic carbocycles. The normalized spacial score (nSPS) is 40.5. The van der Waals surface area contributed by atoms with E-state index >= 15 is 0 Å². The predicted molar refractivity (Wildman–Crippen MR) is 149 cm³/mol. The molecule has 0 saturated heterocycles. The summed E-state index contributed by atoms with van der Waals surface area (Å²) < 4.78 is 4.11. The second kappa shape index (κ2) is 11.1. The van der Waals surface area contributed by atoms with Gasteiger partial charge in [0.1, 0.15) is 0 Å². The van der Waals surface area contributed by atoms with Gasteiger partial charge in [0.25, 0.3) is 0 Å². The van der Waals surface area contributed by atoms with Crippen molar-refractivity contribution in [2.75, 3.05) is 7.11 Å². The van der Waals surface area contributed by atoms with Crippen molar-refractivity contribution < 1.29 is 19.7 Å². The van der Waals surface area contributed by atoms with Crippen LogP contribution < -0.4 is 0 Å². The summed E-state index contributed by atoms with van der Waals surface area (Å²) in [5.74, 6) is 2.37. The zero-order chi connectivity index (χ0) is 26.8. The molecule has 5 rings (SSSR count). The van der Waals surface area contributed by atoms with E-state index in [0.717, 1.165) is 44.9 Å². The van der Waals surface area contributed by atoms with Gasteiger partial charge in [0.15, 0.2) is 0 Å². The Bertz CT molecular complexity index is 995. The predicted octanol–water partition coefficient (Wildman–Crippen LogP) is 6.66.